The smallest absolute Gasteiger partial charge is 0.270 e. The van der Waals surface area contributed by atoms with Crippen LogP contribution in [0.2, 0.25) is 0 Å². The topological polar surface area (TPSA) is 40.6 Å². The minimum Gasteiger partial charge on any atom is -0.305 e. The number of anilines is 2. The van der Waals surface area contributed by atoms with Gasteiger partial charge in [-0.05, 0) is 43.7 Å². The maximum absolute atomic E-state index is 15.1. The summed E-state index contributed by atoms with van der Waals surface area (Å²) < 4.78 is 19.2. The molecule has 5 heteroatoms. The van der Waals surface area contributed by atoms with Gasteiger partial charge in [-0.15, -0.1) is 0 Å². The molecule has 0 N–H and O–H groups in total. The van der Waals surface area contributed by atoms with Crippen LogP contribution in [0.15, 0.2) is 84.9 Å². The molecule has 0 amide bonds. The van der Waals surface area contributed by atoms with Gasteiger partial charge in [0.05, 0.1) is 5.66 Å². The van der Waals surface area contributed by atoms with Crippen LogP contribution < -0.4 is 9.34 Å². The molecule has 1 atom stereocenters. The van der Waals surface area contributed by atoms with Crippen LogP contribution >= 0.6 is 7.44 Å². The first-order valence-corrected chi connectivity index (χ1v) is 12.0. The van der Waals surface area contributed by atoms with Gasteiger partial charge < -0.3 is 9.34 Å². The van der Waals surface area contributed by atoms with Gasteiger partial charge in [0.15, 0.2) is 0 Å². The molecule has 1 fully saturated rings. The van der Waals surface area contributed by atoms with E-state index in [2.05, 4.69) is 0 Å². The lowest BCUT2D eigenvalue weighted by molar-refractivity contribution is -0.117. The molecule has 1 heterocycles. The summed E-state index contributed by atoms with van der Waals surface area (Å²) in [6.45, 7) is 4.92. The Morgan fingerprint density at radius 3 is 1.73 bits per heavy atom. The Morgan fingerprint density at radius 1 is 0.833 bits per heavy atom. The number of carbonyl (C=O) groups excluding carboxylic acids is 1. The predicted molar refractivity (Wildman–Crippen MR) is 124 cm³/mol. The fraction of sp³-hybridized carbons (Fsp3) is 0.240. The fourth-order valence-electron chi connectivity index (χ4n) is 4.22. The predicted octanol–water partition coefficient (Wildman–Crippen LogP) is 6.24. The standard InChI is InChI=1S/C25H27N2O2P/c1-20-13-15-22(16-14-20)25(19-21(2)28)30(29)26(23-9-5-3-6-10-23)17-18-27(30)24-11-7-4-8-12-24/h3-16,25H,17-19H2,1-2H3. The highest BCUT2D eigenvalue weighted by Crippen LogP contribution is 2.69. The zero-order valence-corrected chi connectivity index (χ0v) is 18.3. The summed E-state index contributed by atoms with van der Waals surface area (Å²) >= 11 is 0. The SMILES string of the molecule is CC(=O)CC(c1ccc(C)cc1)P1(=O)N(c2ccccc2)CCN1c1ccccc1. The molecule has 0 aromatic heterocycles. The maximum Gasteiger partial charge on any atom is 0.270 e. The minimum absolute atomic E-state index is 0.0451. The van der Waals surface area contributed by atoms with E-state index in [4.69, 9.17) is 0 Å². The summed E-state index contributed by atoms with van der Waals surface area (Å²) in [7, 11) is -3.19. The van der Waals surface area contributed by atoms with Gasteiger partial charge in [-0.25, -0.2) is 0 Å². The molecule has 1 unspecified atom stereocenters. The number of hydrogen-bond donors (Lipinski definition) is 0. The number of benzene rings is 3. The van der Waals surface area contributed by atoms with E-state index < -0.39 is 13.1 Å². The molecule has 4 nitrogen and oxygen atoms in total. The van der Waals surface area contributed by atoms with Crippen LogP contribution in [0.1, 0.15) is 30.1 Å². The van der Waals surface area contributed by atoms with Gasteiger partial charge in [0.25, 0.3) is 7.44 Å². The van der Waals surface area contributed by atoms with Crippen molar-refractivity contribution < 1.29 is 9.36 Å². The largest absolute Gasteiger partial charge is 0.305 e. The lowest BCUT2D eigenvalue weighted by Crippen LogP contribution is -2.25. The first kappa shape index (κ1) is 20.4. The Balaban J connectivity index is 1.89. The lowest BCUT2D eigenvalue weighted by Gasteiger charge is -2.38. The Morgan fingerprint density at radius 2 is 1.30 bits per heavy atom. The molecule has 30 heavy (non-hydrogen) atoms. The molecule has 4 rings (SSSR count). The number of aryl methyl sites for hydroxylation is 1. The molecule has 0 bridgehead atoms. The van der Waals surface area contributed by atoms with Gasteiger partial charge in [-0.3, -0.25) is 9.36 Å². The van der Waals surface area contributed by atoms with E-state index in [0.29, 0.717) is 13.1 Å². The number of ketones is 1. The fourth-order valence-corrected chi connectivity index (χ4v) is 7.89. The molecular weight excluding hydrogens is 391 g/mol. The summed E-state index contributed by atoms with van der Waals surface area (Å²) in [5, 5.41) is 0. The zero-order valence-electron chi connectivity index (χ0n) is 17.4. The second-order valence-corrected chi connectivity index (χ2v) is 10.6. The highest BCUT2D eigenvalue weighted by molar-refractivity contribution is 7.68. The summed E-state index contributed by atoms with van der Waals surface area (Å²) in [6, 6.07) is 27.9. The molecule has 3 aromatic rings. The van der Waals surface area contributed by atoms with Crippen LogP contribution in [-0.2, 0) is 9.36 Å². The van der Waals surface area contributed by atoms with Gasteiger partial charge in [-0.2, -0.15) is 0 Å². The summed E-state index contributed by atoms with van der Waals surface area (Å²) in [6.07, 6.45) is 0.243. The third-order valence-electron chi connectivity index (χ3n) is 5.67. The highest BCUT2D eigenvalue weighted by Gasteiger charge is 2.50. The number of rotatable bonds is 6. The molecule has 1 aliphatic rings. The van der Waals surface area contributed by atoms with E-state index in [9.17, 15) is 4.79 Å². The minimum atomic E-state index is -3.19. The third kappa shape index (κ3) is 3.80. The van der Waals surface area contributed by atoms with Crippen LogP contribution in [0, 0.1) is 6.92 Å². The van der Waals surface area contributed by atoms with E-state index in [1.807, 2.05) is 101 Å². The van der Waals surface area contributed by atoms with E-state index in [0.717, 1.165) is 22.5 Å². The van der Waals surface area contributed by atoms with Crippen LogP contribution in [-0.4, -0.2) is 18.9 Å². The molecule has 0 aliphatic carbocycles. The molecule has 1 aliphatic heterocycles. The van der Waals surface area contributed by atoms with Gasteiger partial charge >= 0.3 is 0 Å². The van der Waals surface area contributed by atoms with Crippen molar-refractivity contribution in [2.75, 3.05) is 22.4 Å². The number of hydrogen-bond acceptors (Lipinski definition) is 2. The number of para-hydroxylation sites is 2. The Kier molecular flexibility index (Phi) is 5.78. The van der Waals surface area contributed by atoms with Crippen molar-refractivity contribution in [1.82, 2.24) is 0 Å². The number of nitrogens with zero attached hydrogens (tertiary/aromatic N) is 2. The first-order valence-electron chi connectivity index (χ1n) is 10.3. The van der Waals surface area contributed by atoms with Gasteiger partial charge in [-0.1, -0.05) is 66.2 Å². The van der Waals surface area contributed by atoms with Crippen molar-refractivity contribution in [2.24, 2.45) is 0 Å². The van der Waals surface area contributed by atoms with Gasteiger partial charge in [0, 0.05) is 30.9 Å². The Labute approximate surface area is 178 Å². The summed E-state index contributed by atoms with van der Waals surface area (Å²) in [4.78, 5) is 12.3. The van der Waals surface area contributed by atoms with E-state index in [1.54, 1.807) is 6.92 Å². The van der Waals surface area contributed by atoms with E-state index in [-0.39, 0.29) is 12.2 Å². The summed E-state index contributed by atoms with van der Waals surface area (Å²) in [5.41, 5.74) is 3.55. The van der Waals surface area contributed by atoms with Gasteiger partial charge in [0.2, 0.25) is 0 Å². The van der Waals surface area contributed by atoms with Crippen molar-refractivity contribution in [3.05, 3.63) is 96.1 Å². The molecule has 0 radical (unpaired) electrons. The normalized spacial score (nSPS) is 16.5. The van der Waals surface area contributed by atoms with Crippen molar-refractivity contribution >= 4 is 24.6 Å². The Hall–Kier alpha value is -2.84. The number of Topliss-reactive ketones (excluding diaryl/α,β-unsaturated/α-hetero) is 1. The molecule has 154 valence electrons. The van der Waals surface area contributed by atoms with Crippen LogP contribution in [0.3, 0.4) is 0 Å². The molecule has 3 aromatic carbocycles. The average molecular weight is 418 g/mol. The first-order chi connectivity index (χ1) is 14.5. The molecule has 0 saturated carbocycles. The average Bonchev–Trinajstić information content (AvgIpc) is 3.12. The van der Waals surface area contributed by atoms with Crippen molar-refractivity contribution in [3.8, 4) is 0 Å². The lowest BCUT2D eigenvalue weighted by atomic mass is 10.1. The monoisotopic (exact) mass is 418 g/mol. The zero-order chi connectivity index (χ0) is 21.1. The summed E-state index contributed by atoms with van der Waals surface area (Å²) in [5.74, 6) is 0.0451. The molecule has 1 saturated heterocycles. The quantitative estimate of drug-likeness (QED) is 0.445. The third-order valence-corrected chi connectivity index (χ3v) is 9.21. The van der Waals surface area contributed by atoms with Gasteiger partial charge in [0.1, 0.15) is 5.78 Å². The maximum atomic E-state index is 15.1. The van der Waals surface area contributed by atoms with Crippen molar-refractivity contribution in [1.29, 1.82) is 0 Å². The second kappa shape index (κ2) is 8.49. The Bertz CT molecular complexity index is 1000. The van der Waals surface area contributed by atoms with Crippen LogP contribution in [0.5, 0.6) is 0 Å². The molecule has 0 spiro atoms. The molecular formula is C25H27N2O2P. The highest BCUT2D eigenvalue weighted by atomic mass is 31.2. The number of carbonyl (C=O) groups is 1. The van der Waals surface area contributed by atoms with Crippen molar-refractivity contribution in [3.63, 3.8) is 0 Å². The second-order valence-electron chi connectivity index (χ2n) is 7.84. The van der Waals surface area contributed by atoms with Crippen LogP contribution in [0.25, 0.3) is 0 Å². The van der Waals surface area contributed by atoms with E-state index in [1.165, 1.54) is 0 Å². The van der Waals surface area contributed by atoms with Crippen LogP contribution in [0.4, 0.5) is 11.4 Å². The van der Waals surface area contributed by atoms with E-state index >= 15 is 4.57 Å². The van der Waals surface area contributed by atoms with Crippen molar-refractivity contribution in [2.45, 2.75) is 25.9 Å².